The van der Waals surface area contributed by atoms with E-state index in [1.807, 2.05) is 6.20 Å². The van der Waals surface area contributed by atoms with Gasteiger partial charge in [-0.15, -0.1) is 0 Å². The zero-order valence-corrected chi connectivity index (χ0v) is 12.8. The van der Waals surface area contributed by atoms with Crippen LogP contribution in [0.2, 0.25) is 0 Å². The number of aryl methyl sites for hydroxylation is 1. The van der Waals surface area contributed by atoms with Crippen LogP contribution in [0.4, 0.5) is 0 Å². The Morgan fingerprint density at radius 2 is 2.32 bits per heavy atom. The molecule has 22 heavy (non-hydrogen) atoms. The summed E-state index contributed by atoms with van der Waals surface area (Å²) in [6.45, 7) is 3.66. The normalized spacial score (nSPS) is 14.1. The molecule has 0 aliphatic carbocycles. The second-order valence-electron chi connectivity index (χ2n) is 5.27. The first-order chi connectivity index (χ1) is 10.7. The Kier molecular flexibility index (Phi) is 3.07. The van der Waals surface area contributed by atoms with Crippen molar-refractivity contribution in [1.29, 1.82) is 0 Å². The average Bonchev–Trinajstić information content (AvgIpc) is 3.25. The molecule has 0 radical (unpaired) electrons. The van der Waals surface area contributed by atoms with Crippen LogP contribution in [0.25, 0.3) is 11.3 Å². The van der Waals surface area contributed by atoms with Gasteiger partial charge in [-0.3, -0.25) is 4.79 Å². The Hall–Kier alpha value is -2.41. The van der Waals surface area contributed by atoms with Gasteiger partial charge in [0, 0.05) is 30.1 Å². The zero-order valence-electron chi connectivity index (χ0n) is 12.0. The molecule has 0 spiro atoms. The molecule has 0 unspecified atom stereocenters. The number of fused-ring (bicyclic) bond motifs is 1. The van der Waals surface area contributed by atoms with E-state index in [2.05, 4.69) is 31.5 Å². The minimum Gasteiger partial charge on any atom is -0.361 e. The topological polar surface area (TPSA) is 64.2 Å². The van der Waals surface area contributed by atoms with Crippen molar-refractivity contribution in [3.63, 3.8) is 0 Å². The van der Waals surface area contributed by atoms with Crippen LogP contribution in [0.1, 0.15) is 22.1 Å². The zero-order chi connectivity index (χ0) is 15.1. The second kappa shape index (κ2) is 5.10. The summed E-state index contributed by atoms with van der Waals surface area (Å²) >= 11 is 1.67. The molecule has 1 aliphatic heterocycles. The van der Waals surface area contributed by atoms with Gasteiger partial charge in [0.05, 0.1) is 18.4 Å². The van der Waals surface area contributed by atoms with E-state index >= 15 is 0 Å². The van der Waals surface area contributed by atoms with Gasteiger partial charge in [-0.05, 0) is 18.4 Å². The number of imidazole rings is 1. The molecule has 7 heteroatoms. The van der Waals surface area contributed by atoms with E-state index in [0.29, 0.717) is 24.5 Å². The van der Waals surface area contributed by atoms with Crippen molar-refractivity contribution >= 4 is 17.2 Å². The summed E-state index contributed by atoms with van der Waals surface area (Å²) < 4.78 is 7.16. The minimum absolute atomic E-state index is 0.108. The summed E-state index contributed by atoms with van der Waals surface area (Å²) in [6, 6.07) is 3.75. The molecule has 6 nitrogen and oxygen atoms in total. The molecule has 0 atom stereocenters. The van der Waals surface area contributed by atoms with Crippen LogP contribution in [0.5, 0.6) is 0 Å². The van der Waals surface area contributed by atoms with Crippen molar-refractivity contribution in [2.75, 3.05) is 6.54 Å². The highest BCUT2D eigenvalue weighted by atomic mass is 32.1. The molecular weight excluding hydrogens is 300 g/mol. The van der Waals surface area contributed by atoms with Crippen LogP contribution in [0.15, 0.2) is 33.6 Å². The summed E-state index contributed by atoms with van der Waals surface area (Å²) in [5, 5.41) is 7.97. The van der Waals surface area contributed by atoms with Gasteiger partial charge in [0.15, 0.2) is 5.69 Å². The van der Waals surface area contributed by atoms with Gasteiger partial charge in [-0.2, -0.15) is 11.3 Å². The smallest absolute Gasteiger partial charge is 0.276 e. The third-order valence-corrected chi connectivity index (χ3v) is 4.50. The molecule has 0 saturated heterocycles. The summed E-state index contributed by atoms with van der Waals surface area (Å²) in [5.74, 6) is 1.44. The number of carbonyl (C=O) groups is 1. The molecule has 0 N–H and O–H groups in total. The lowest BCUT2D eigenvalue weighted by molar-refractivity contribution is 0.0697. The fourth-order valence-corrected chi connectivity index (χ4v) is 3.35. The molecule has 0 aromatic carbocycles. The van der Waals surface area contributed by atoms with Crippen molar-refractivity contribution < 1.29 is 9.32 Å². The van der Waals surface area contributed by atoms with Crippen molar-refractivity contribution in [3.8, 4) is 11.3 Å². The Morgan fingerprint density at radius 1 is 1.41 bits per heavy atom. The summed E-state index contributed by atoms with van der Waals surface area (Å²) in [6.07, 6.45) is 1.88. The van der Waals surface area contributed by atoms with Gasteiger partial charge < -0.3 is 14.0 Å². The Morgan fingerprint density at radius 3 is 3.05 bits per heavy atom. The van der Waals surface area contributed by atoms with Crippen LogP contribution in [0.3, 0.4) is 0 Å². The maximum atomic E-state index is 12.4. The molecule has 1 aliphatic rings. The van der Waals surface area contributed by atoms with Crippen LogP contribution in [-0.2, 0) is 13.1 Å². The highest BCUT2D eigenvalue weighted by Gasteiger charge is 2.26. The SMILES string of the molecule is Cc1cc(C(=O)N2CCn3c(-c4ccsc4)cnc3C2)no1. The first-order valence-electron chi connectivity index (χ1n) is 7.02. The highest BCUT2D eigenvalue weighted by molar-refractivity contribution is 7.08. The monoisotopic (exact) mass is 314 g/mol. The first kappa shape index (κ1) is 13.3. The summed E-state index contributed by atoms with van der Waals surface area (Å²) in [7, 11) is 0. The maximum Gasteiger partial charge on any atom is 0.276 e. The number of aromatic nitrogens is 3. The quantitative estimate of drug-likeness (QED) is 0.729. The Bertz CT molecular complexity index is 819. The number of thiophene rings is 1. The predicted molar refractivity (Wildman–Crippen MR) is 81.5 cm³/mol. The van der Waals surface area contributed by atoms with Crippen LogP contribution < -0.4 is 0 Å². The molecular formula is C15H14N4O2S. The number of hydrogen-bond donors (Lipinski definition) is 0. The summed E-state index contributed by atoms with van der Waals surface area (Å²) in [4.78, 5) is 18.7. The van der Waals surface area contributed by atoms with E-state index < -0.39 is 0 Å². The van der Waals surface area contributed by atoms with Gasteiger partial charge in [0.1, 0.15) is 11.6 Å². The third-order valence-electron chi connectivity index (χ3n) is 3.82. The fraction of sp³-hybridized carbons (Fsp3) is 0.267. The number of nitrogens with zero attached hydrogens (tertiary/aromatic N) is 4. The predicted octanol–water partition coefficient (Wildman–Crippen LogP) is 2.56. The van der Waals surface area contributed by atoms with Crippen molar-refractivity contribution in [1.82, 2.24) is 19.6 Å². The lowest BCUT2D eigenvalue weighted by atomic mass is 10.2. The van der Waals surface area contributed by atoms with E-state index in [-0.39, 0.29) is 5.91 Å². The third kappa shape index (κ3) is 2.14. The van der Waals surface area contributed by atoms with Crippen molar-refractivity contribution in [3.05, 3.63) is 46.4 Å². The standard InChI is InChI=1S/C15H14N4O2S/c1-10-6-12(17-21-10)15(20)18-3-4-19-13(7-16-14(19)8-18)11-2-5-22-9-11/h2,5-7,9H,3-4,8H2,1H3. The molecule has 3 aromatic heterocycles. The van der Waals surface area contributed by atoms with E-state index in [1.54, 1.807) is 29.2 Å². The van der Waals surface area contributed by atoms with Gasteiger partial charge >= 0.3 is 0 Å². The van der Waals surface area contributed by atoms with Crippen LogP contribution in [-0.4, -0.2) is 32.1 Å². The Labute approximate surface area is 131 Å². The Balaban J connectivity index is 1.59. The fourth-order valence-electron chi connectivity index (χ4n) is 2.70. The minimum atomic E-state index is -0.108. The molecule has 0 saturated carbocycles. The maximum absolute atomic E-state index is 12.4. The molecule has 0 fully saturated rings. The number of amides is 1. The van der Waals surface area contributed by atoms with Crippen molar-refractivity contribution in [2.24, 2.45) is 0 Å². The second-order valence-corrected chi connectivity index (χ2v) is 6.05. The highest BCUT2D eigenvalue weighted by Crippen LogP contribution is 2.26. The van der Waals surface area contributed by atoms with Crippen LogP contribution >= 0.6 is 11.3 Å². The van der Waals surface area contributed by atoms with E-state index in [1.165, 1.54) is 5.56 Å². The van der Waals surface area contributed by atoms with Crippen molar-refractivity contribution in [2.45, 2.75) is 20.0 Å². The lowest BCUT2D eigenvalue weighted by Gasteiger charge is -2.27. The van der Waals surface area contributed by atoms with Gasteiger partial charge in [0.2, 0.25) is 0 Å². The van der Waals surface area contributed by atoms with Crippen LogP contribution in [0, 0.1) is 6.92 Å². The molecule has 112 valence electrons. The molecule has 3 aromatic rings. The first-order valence-corrected chi connectivity index (χ1v) is 7.96. The summed E-state index contributed by atoms with van der Waals surface area (Å²) in [5.41, 5.74) is 2.65. The van der Waals surface area contributed by atoms with E-state index in [9.17, 15) is 4.79 Å². The largest absolute Gasteiger partial charge is 0.361 e. The lowest BCUT2D eigenvalue weighted by Crippen LogP contribution is -2.38. The van der Waals surface area contributed by atoms with E-state index in [0.717, 1.165) is 18.1 Å². The average molecular weight is 314 g/mol. The number of rotatable bonds is 2. The number of carbonyl (C=O) groups excluding carboxylic acids is 1. The molecule has 4 heterocycles. The van der Waals surface area contributed by atoms with Gasteiger partial charge in [0.25, 0.3) is 5.91 Å². The van der Waals surface area contributed by atoms with Gasteiger partial charge in [-0.1, -0.05) is 5.16 Å². The van der Waals surface area contributed by atoms with Gasteiger partial charge in [-0.25, -0.2) is 4.98 Å². The molecule has 1 amide bonds. The molecule has 4 rings (SSSR count). The number of hydrogen-bond acceptors (Lipinski definition) is 5. The van der Waals surface area contributed by atoms with E-state index in [4.69, 9.17) is 4.52 Å². The molecule has 0 bridgehead atoms.